The van der Waals surface area contributed by atoms with Crippen molar-refractivity contribution in [3.05, 3.63) is 57.8 Å². The van der Waals surface area contributed by atoms with Crippen LogP contribution in [0.1, 0.15) is 24.1 Å². The monoisotopic (exact) mass is 419 g/mol. The summed E-state index contributed by atoms with van der Waals surface area (Å²) in [5.41, 5.74) is 0.231. The van der Waals surface area contributed by atoms with Gasteiger partial charge in [-0.2, -0.15) is 13.2 Å². The fraction of sp³-hybridized carbons (Fsp3) is 0.235. The number of benzene rings is 1. The van der Waals surface area contributed by atoms with E-state index in [0.29, 0.717) is 21.3 Å². The topological polar surface area (TPSA) is 63.6 Å². The standard InChI is InChI=1S/C17H14Cl2F3N3O2/c1-27-25-14(10-2-4-12(18)13(19)8-10)5-7-16(26)24-11-3-6-15(23-9-11)17(20,21)22/h2-4,6,8-9H,5,7H2,1H3,(H,24,26)/b25-14+. The Kier molecular flexibility index (Phi) is 7.04. The molecule has 1 aromatic carbocycles. The van der Waals surface area contributed by atoms with E-state index in [0.717, 1.165) is 18.3 Å². The first-order valence-electron chi connectivity index (χ1n) is 7.59. The van der Waals surface area contributed by atoms with Gasteiger partial charge in [0.05, 0.1) is 27.6 Å². The minimum absolute atomic E-state index is 0.0173. The normalized spacial score (nSPS) is 12.0. The number of halogens is 5. The highest BCUT2D eigenvalue weighted by atomic mass is 35.5. The molecular formula is C17H14Cl2F3N3O2. The van der Waals surface area contributed by atoms with Gasteiger partial charge in [0.25, 0.3) is 0 Å². The van der Waals surface area contributed by atoms with E-state index in [1.54, 1.807) is 18.2 Å². The summed E-state index contributed by atoms with van der Waals surface area (Å²) in [5, 5.41) is 7.07. The molecule has 10 heteroatoms. The molecule has 0 saturated heterocycles. The lowest BCUT2D eigenvalue weighted by Gasteiger charge is -2.09. The zero-order chi connectivity index (χ0) is 20.0. The van der Waals surface area contributed by atoms with E-state index in [9.17, 15) is 18.0 Å². The SMILES string of the molecule is CO/N=C(\CCC(=O)Nc1ccc(C(F)(F)F)nc1)c1ccc(Cl)c(Cl)c1. The first-order chi connectivity index (χ1) is 12.7. The number of amides is 1. The van der Waals surface area contributed by atoms with Crippen LogP contribution in [0.25, 0.3) is 0 Å². The molecule has 1 heterocycles. The molecular weight excluding hydrogens is 406 g/mol. The molecule has 144 valence electrons. The number of anilines is 1. The molecule has 27 heavy (non-hydrogen) atoms. The first kappa shape index (κ1) is 21.0. The molecule has 0 unspecified atom stereocenters. The van der Waals surface area contributed by atoms with Crippen molar-refractivity contribution < 1.29 is 22.8 Å². The lowest BCUT2D eigenvalue weighted by molar-refractivity contribution is -0.141. The molecule has 5 nitrogen and oxygen atoms in total. The summed E-state index contributed by atoms with van der Waals surface area (Å²) in [7, 11) is 1.37. The van der Waals surface area contributed by atoms with Crippen molar-refractivity contribution >= 4 is 40.5 Å². The summed E-state index contributed by atoms with van der Waals surface area (Å²) >= 11 is 11.9. The Labute approximate surface area is 163 Å². The highest BCUT2D eigenvalue weighted by Crippen LogP contribution is 2.28. The summed E-state index contributed by atoms with van der Waals surface area (Å²) in [6.07, 6.45) is -3.35. The Hall–Kier alpha value is -2.32. The quantitative estimate of drug-likeness (QED) is 0.518. The van der Waals surface area contributed by atoms with Crippen LogP contribution in [-0.4, -0.2) is 23.7 Å². The van der Waals surface area contributed by atoms with Crippen LogP contribution >= 0.6 is 23.2 Å². The third-order valence-corrected chi connectivity index (χ3v) is 4.12. The van der Waals surface area contributed by atoms with E-state index < -0.39 is 17.8 Å². The molecule has 0 aliphatic heterocycles. The van der Waals surface area contributed by atoms with Crippen LogP contribution in [0, 0.1) is 0 Å². The van der Waals surface area contributed by atoms with Gasteiger partial charge in [-0.1, -0.05) is 34.4 Å². The second-order valence-electron chi connectivity index (χ2n) is 5.33. The second-order valence-corrected chi connectivity index (χ2v) is 6.14. The van der Waals surface area contributed by atoms with Gasteiger partial charge in [0.2, 0.25) is 5.91 Å². The molecule has 0 radical (unpaired) electrons. The number of carbonyl (C=O) groups excluding carboxylic acids is 1. The van der Waals surface area contributed by atoms with Crippen LogP contribution in [0.15, 0.2) is 41.7 Å². The van der Waals surface area contributed by atoms with Crippen LogP contribution in [0.3, 0.4) is 0 Å². The molecule has 1 aromatic heterocycles. The van der Waals surface area contributed by atoms with Crippen molar-refractivity contribution in [2.24, 2.45) is 5.16 Å². The van der Waals surface area contributed by atoms with Crippen molar-refractivity contribution in [1.29, 1.82) is 0 Å². The predicted molar refractivity (Wildman–Crippen MR) is 97.1 cm³/mol. The maximum absolute atomic E-state index is 12.5. The number of nitrogens with one attached hydrogen (secondary N) is 1. The lowest BCUT2D eigenvalue weighted by atomic mass is 10.1. The van der Waals surface area contributed by atoms with E-state index >= 15 is 0 Å². The van der Waals surface area contributed by atoms with Gasteiger partial charge < -0.3 is 10.2 Å². The molecule has 1 amide bonds. The molecule has 0 atom stereocenters. The minimum Gasteiger partial charge on any atom is -0.399 e. The molecule has 2 rings (SSSR count). The molecule has 0 bridgehead atoms. The van der Waals surface area contributed by atoms with Crippen LogP contribution < -0.4 is 5.32 Å². The van der Waals surface area contributed by atoms with E-state index in [1.165, 1.54) is 7.11 Å². The molecule has 0 fully saturated rings. The molecule has 1 N–H and O–H groups in total. The zero-order valence-corrected chi connectivity index (χ0v) is 15.5. The maximum atomic E-state index is 12.5. The minimum atomic E-state index is -4.53. The fourth-order valence-electron chi connectivity index (χ4n) is 2.12. The number of carbonyl (C=O) groups is 1. The average Bonchev–Trinajstić information content (AvgIpc) is 2.61. The summed E-state index contributed by atoms with van der Waals surface area (Å²) in [4.78, 5) is 20.1. The summed E-state index contributed by atoms with van der Waals surface area (Å²) in [5.74, 6) is -0.416. The number of hydrogen-bond donors (Lipinski definition) is 1. The van der Waals surface area contributed by atoms with Crippen molar-refractivity contribution in [3.63, 3.8) is 0 Å². The Morgan fingerprint density at radius 1 is 1.19 bits per heavy atom. The number of aromatic nitrogens is 1. The smallest absolute Gasteiger partial charge is 0.399 e. The maximum Gasteiger partial charge on any atom is 0.433 e. The van der Waals surface area contributed by atoms with E-state index in [4.69, 9.17) is 28.0 Å². The largest absolute Gasteiger partial charge is 0.433 e. The molecule has 0 spiro atoms. The number of rotatable bonds is 6. The van der Waals surface area contributed by atoms with E-state index in [1.807, 2.05) is 0 Å². The third-order valence-electron chi connectivity index (χ3n) is 3.38. The zero-order valence-electron chi connectivity index (χ0n) is 14.0. The number of oxime groups is 1. The van der Waals surface area contributed by atoms with Crippen LogP contribution in [-0.2, 0) is 15.8 Å². The number of alkyl halides is 3. The summed E-state index contributed by atoms with van der Waals surface area (Å²) in [6, 6.07) is 6.81. The van der Waals surface area contributed by atoms with Crippen molar-refractivity contribution in [2.45, 2.75) is 19.0 Å². The predicted octanol–water partition coefficient (Wildman–Crippen LogP) is 5.18. The van der Waals surface area contributed by atoms with E-state index in [2.05, 4.69) is 15.5 Å². The Bertz CT molecular complexity index is 840. The Morgan fingerprint density at radius 3 is 2.48 bits per heavy atom. The fourth-order valence-corrected chi connectivity index (χ4v) is 2.42. The lowest BCUT2D eigenvalue weighted by Crippen LogP contribution is -2.15. The van der Waals surface area contributed by atoms with Gasteiger partial charge in [0.15, 0.2) is 0 Å². The first-order valence-corrected chi connectivity index (χ1v) is 8.35. The summed E-state index contributed by atoms with van der Waals surface area (Å²) in [6.45, 7) is 0. The molecule has 0 saturated carbocycles. The molecule has 0 aliphatic rings. The van der Waals surface area contributed by atoms with Gasteiger partial charge in [0, 0.05) is 18.4 Å². The van der Waals surface area contributed by atoms with Gasteiger partial charge in [-0.3, -0.25) is 4.79 Å². The number of hydrogen-bond acceptors (Lipinski definition) is 4. The molecule has 0 aliphatic carbocycles. The van der Waals surface area contributed by atoms with Gasteiger partial charge >= 0.3 is 6.18 Å². The highest BCUT2D eigenvalue weighted by Gasteiger charge is 2.32. The van der Waals surface area contributed by atoms with Crippen molar-refractivity contribution in [3.8, 4) is 0 Å². The van der Waals surface area contributed by atoms with Crippen LogP contribution in [0.5, 0.6) is 0 Å². The molecule has 2 aromatic rings. The average molecular weight is 420 g/mol. The third kappa shape index (κ3) is 6.11. The number of pyridine rings is 1. The van der Waals surface area contributed by atoms with Gasteiger partial charge in [-0.05, 0) is 24.3 Å². The van der Waals surface area contributed by atoms with Crippen LogP contribution in [0.4, 0.5) is 18.9 Å². The highest BCUT2D eigenvalue weighted by molar-refractivity contribution is 6.42. The number of nitrogens with zero attached hydrogens (tertiary/aromatic N) is 2. The Balaban J connectivity index is 2.00. The van der Waals surface area contributed by atoms with Crippen molar-refractivity contribution in [2.75, 3.05) is 12.4 Å². The van der Waals surface area contributed by atoms with Gasteiger partial charge in [-0.15, -0.1) is 0 Å². The summed E-state index contributed by atoms with van der Waals surface area (Å²) < 4.78 is 37.5. The van der Waals surface area contributed by atoms with Crippen molar-refractivity contribution in [1.82, 2.24) is 4.98 Å². The van der Waals surface area contributed by atoms with Gasteiger partial charge in [-0.25, -0.2) is 4.98 Å². The van der Waals surface area contributed by atoms with Crippen LogP contribution in [0.2, 0.25) is 10.0 Å². The van der Waals surface area contributed by atoms with E-state index in [-0.39, 0.29) is 18.5 Å². The van der Waals surface area contributed by atoms with Gasteiger partial charge in [0.1, 0.15) is 12.8 Å². The Morgan fingerprint density at radius 2 is 1.93 bits per heavy atom. The second kappa shape index (κ2) is 9.05.